The maximum absolute atomic E-state index is 14.0. The van der Waals surface area contributed by atoms with Gasteiger partial charge in [0.2, 0.25) is 27.8 Å². The Bertz CT molecular complexity index is 3040. The molecule has 2 unspecified atom stereocenters. The molecule has 356 valence electrons. The number of aromatic nitrogens is 5. The zero-order chi connectivity index (χ0) is 47.2. The summed E-state index contributed by atoms with van der Waals surface area (Å²) in [5.41, 5.74) is 0.857. The Hall–Kier alpha value is -5.60. The Kier molecular flexibility index (Phi) is 11.4. The van der Waals surface area contributed by atoms with Gasteiger partial charge in [-0.25, -0.2) is 18.2 Å². The number of hydrogen-bond donors (Lipinski definition) is 2. The van der Waals surface area contributed by atoms with Crippen LogP contribution in [0, 0.1) is 18.3 Å². The van der Waals surface area contributed by atoms with Crippen molar-refractivity contribution in [3.8, 4) is 0 Å². The van der Waals surface area contributed by atoms with E-state index < -0.39 is 39.3 Å². The Morgan fingerprint density at radius 1 is 0.925 bits per heavy atom. The highest BCUT2D eigenvalue weighted by atomic mass is 32.2. The van der Waals surface area contributed by atoms with Crippen LogP contribution in [0.25, 0.3) is 22.1 Å². The molecule has 2 N–H and O–H groups in total. The van der Waals surface area contributed by atoms with Gasteiger partial charge in [0.15, 0.2) is 0 Å². The number of benzene rings is 2. The van der Waals surface area contributed by atoms with Crippen molar-refractivity contribution < 1.29 is 31.2 Å². The molecule has 5 aromatic rings. The first-order valence-electron chi connectivity index (χ1n) is 23.3. The van der Waals surface area contributed by atoms with Crippen LogP contribution in [0.3, 0.4) is 0 Å². The van der Waals surface area contributed by atoms with Crippen molar-refractivity contribution in [2.45, 2.75) is 107 Å². The van der Waals surface area contributed by atoms with Crippen LogP contribution in [0.1, 0.15) is 93.8 Å². The summed E-state index contributed by atoms with van der Waals surface area (Å²) in [6.45, 7) is 4.95. The fraction of sp³-hybridized carbons (Fsp3) is 0.532. The lowest BCUT2D eigenvalue weighted by molar-refractivity contribution is -0.139. The van der Waals surface area contributed by atoms with Crippen LogP contribution < -0.4 is 26.8 Å². The lowest BCUT2D eigenvalue weighted by Gasteiger charge is -2.40. The van der Waals surface area contributed by atoms with E-state index in [0.717, 1.165) is 88.3 Å². The van der Waals surface area contributed by atoms with Gasteiger partial charge in [0.25, 0.3) is 5.56 Å². The summed E-state index contributed by atoms with van der Waals surface area (Å²) in [5, 5.41) is 5.61. The maximum Gasteiger partial charge on any atom is 0.421 e. The van der Waals surface area contributed by atoms with Crippen molar-refractivity contribution in [3.05, 3.63) is 80.6 Å². The zero-order valence-electron chi connectivity index (χ0n) is 37.8. The average Bonchev–Trinajstić information content (AvgIpc) is 3.90. The van der Waals surface area contributed by atoms with Gasteiger partial charge < -0.3 is 15.1 Å². The van der Waals surface area contributed by atoms with Crippen molar-refractivity contribution in [1.29, 1.82) is 0 Å². The van der Waals surface area contributed by atoms with Gasteiger partial charge in [0.1, 0.15) is 17.3 Å². The molecule has 1 spiro atoms. The number of halogens is 3. The maximum atomic E-state index is 14.0. The minimum atomic E-state index is -4.82. The molecule has 16 nitrogen and oxygen atoms in total. The summed E-state index contributed by atoms with van der Waals surface area (Å²) in [7, 11) is 0.0435. The quantitative estimate of drug-likeness (QED) is 0.157. The van der Waals surface area contributed by atoms with E-state index in [1.807, 2.05) is 18.2 Å². The lowest BCUT2D eigenvalue weighted by Crippen LogP contribution is -2.46. The number of anilines is 3. The van der Waals surface area contributed by atoms with E-state index in [0.29, 0.717) is 48.2 Å². The number of sulfonamides is 1. The molecule has 0 radical (unpaired) electrons. The van der Waals surface area contributed by atoms with Gasteiger partial charge in [0, 0.05) is 75.5 Å². The minimum Gasteiger partial charge on any atom is -0.370 e. The van der Waals surface area contributed by atoms with Gasteiger partial charge in [-0.15, -0.1) is 0 Å². The molecule has 2 saturated carbocycles. The second kappa shape index (κ2) is 16.9. The van der Waals surface area contributed by atoms with E-state index in [1.54, 1.807) is 35.0 Å². The molecular weight excluding hydrogens is 890 g/mol. The smallest absolute Gasteiger partial charge is 0.370 e. The molecule has 67 heavy (non-hydrogen) atoms. The van der Waals surface area contributed by atoms with Crippen LogP contribution in [0.2, 0.25) is 0 Å². The van der Waals surface area contributed by atoms with E-state index >= 15 is 0 Å². The Morgan fingerprint density at radius 2 is 1.67 bits per heavy atom. The summed E-state index contributed by atoms with van der Waals surface area (Å²) >= 11 is 0. The number of hydrogen-bond acceptors (Lipinski definition) is 11. The van der Waals surface area contributed by atoms with Gasteiger partial charge in [-0.3, -0.25) is 33.4 Å². The van der Waals surface area contributed by atoms with Gasteiger partial charge in [-0.2, -0.15) is 22.5 Å². The van der Waals surface area contributed by atoms with E-state index in [9.17, 15) is 40.8 Å². The van der Waals surface area contributed by atoms with Crippen molar-refractivity contribution >= 4 is 61.2 Å². The van der Waals surface area contributed by atoms with Crippen molar-refractivity contribution in [2.75, 3.05) is 50.0 Å². The number of rotatable bonds is 10. The number of imidazole rings is 1. The summed E-state index contributed by atoms with van der Waals surface area (Å²) in [5.74, 6) is -0.382. The number of imide groups is 1. The molecule has 3 aromatic heterocycles. The SMILES string of the molecule is Cc1cc(S(=O)(=O)N2CCC(CN(C)C3CCN(c4cccc5c4n(C)c(=O)n5C4CCC(=O)NC4=O)CC3)CC2)ccc1Nc1ncc2cc(C(F)(F)F)c(=O)n(C3CCCC34CC4)c2n1. The highest BCUT2D eigenvalue weighted by Crippen LogP contribution is 2.63. The second-order valence-electron chi connectivity index (χ2n) is 19.4. The predicted molar refractivity (Wildman–Crippen MR) is 246 cm³/mol. The van der Waals surface area contributed by atoms with Crippen molar-refractivity contribution in [1.82, 2.24) is 38.2 Å². The van der Waals surface area contributed by atoms with Crippen molar-refractivity contribution in [3.63, 3.8) is 0 Å². The zero-order valence-corrected chi connectivity index (χ0v) is 38.6. The number of nitrogens with zero attached hydrogens (tertiary/aromatic N) is 8. The van der Waals surface area contributed by atoms with Gasteiger partial charge in [0.05, 0.1) is 21.6 Å². The number of para-hydroxylation sites is 1. The Balaban J connectivity index is 0.761. The molecule has 2 amide bonds. The minimum absolute atomic E-state index is 0.0875. The number of alkyl halides is 3. The van der Waals surface area contributed by atoms with Gasteiger partial charge in [-0.05, 0) is 125 Å². The third-order valence-electron chi connectivity index (χ3n) is 15.4. The van der Waals surface area contributed by atoms with Crippen LogP contribution in [0.5, 0.6) is 0 Å². The van der Waals surface area contributed by atoms with Crippen LogP contribution in [-0.4, -0.2) is 98.9 Å². The largest absolute Gasteiger partial charge is 0.421 e. The first-order valence-corrected chi connectivity index (χ1v) is 24.7. The third-order valence-corrected chi connectivity index (χ3v) is 17.3. The van der Waals surface area contributed by atoms with Crippen LogP contribution in [0.4, 0.5) is 30.5 Å². The topological polar surface area (TPSA) is 177 Å². The Morgan fingerprint density at radius 3 is 2.36 bits per heavy atom. The number of carbonyl (C=O) groups excluding carboxylic acids is 2. The standard InChI is InChI=1S/C47H55F3N10O6S/c1-28-24-32(9-10-34(28)52-44-51-26-30-25-33(47(48,49)50)43(63)60(41(30)54-44)38-8-5-17-46(38)18-19-46)67(65,66)58-22-13-29(14-23-58)27-55(2)31-15-20-57(21-16-31)35-6-4-7-36-40(35)56(3)45(64)59(36)37-11-12-39(61)53-42(37)62/h4,6-7,9-10,24-26,29,31,37-38H,5,8,11-23,27H2,1-3H3,(H,51,52,54)(H,53,61,62). The molecular formula is C47H55F3N10O6S. The molecule has 10 rings (SSSR count). The highest BCUT2D eigenvalue weighted by molar-refractivity contribution is 7.89. The van der Waals surface area contributed by atoms with Crippen LogP contribution in [-0.2, 0) is 32.8 Å². The van der Waals surface area contributed by atoms with E-state index in [-0.39, 0.29) is 57.8 Å². The number of amides is 2. The molecule has 2 aliphatic carbocycles. The highest BCUT2D eigenvalue weighted by Gasteiger charge is 2.54. The molecule has 0 bridgehead atoms. The van der Waals surface area contributed by atoms with Crippen LogP contribution >= 0.6 is 0 Å². The average molecular weight is 945 g/mol. The summed E-state index contributed by atoms with van der Waals surface area (Å²) < 4.78 is 75.9. The van der Waals surface area contributed by atoms with E-state index in [1.165, 1.54) is 21.4 Å². The summed E-state index contributed by atoms with van der Waals surface area (Å²) in [4.78, 5) is 65.3. The Labute approximate surface area is 385 Å². The molecule has 6 heterocycles. The van der Waals surface area contributed by atoms with E-state index in [4.69, 9.17) is 0 Å². The number of pyridine rings is 1. The van der Waals surface area contributed by atoms with E-state index in [2.05, 4.69) is 37.4 Å². The third kappa shape index (κ3) is 8.11. The number of piperidine rings is 3. The molecule has 3 saturated heterocycles. The number of nitrogens with one attached hydrogen (secondary N) is 2. The number of carbonyl (C=O) groups is 2. The lowest BCUT2D eigenvalue weighted by atomic mass is 9.95. The van der Waals surface area contributed by atoms with Gasteiger partial charge in [-0.1, -0.05) is 12.5 Å². The summed E-state index contributed by atoms with van der Waals surface area (Å²) in [6, 6.07) is 10.6. The molecule has 5 aliphatic rings. The molecule has 2 atom stereocenters. The monoisotopic (exact) mass is 944 g/mol. The normalized spacial score (nSPS) is 22.1. The van der Waals surface area contributed by atoms with Gasteiger partial charge >= 0.3 is 11.9 Å². The fourth-order valence-electron chi connectivity index (χ4n) is 11.5. The first kappa shape index (κ1) is 45.2. The molecule has 2 aromatic carbocycles. The predicted octanol–water partition coefficient (Wildman–Crippen LogP) is 6.00. The van der Waals surface area contributed by atoms with Crippen molar-refractivity contribution in [2.24, 2.45) is 18.4 Å². The number of fused-ring (bicyclic) bond motifs is 2. The second-order valence-corrected chi connectivity index (χ2v) is 21.3. The number of aryl methyl sites for hydroxylation is 2. The van der Waals surface area contributed by atoms with Crippen LogP contribution in [0.15, 0.2) is 63.1 Å². The summed E-state index contributed by atoms with van der Waals surface area (Å²) in [6.07, 6.45) is 4.21. The first-order chi connectivity index (χ1) is 31.9. The molecule has 20 heteroatoms. The molecule has 3 aliphatic heterocycles. The fourth-order valence-corrected chi connectivity index (χ4v) is 13.0. The molecule has 5 fully saturated rings.